The molecule has 0 fully saturated rings. The second-order valence-electron chi connectivity index (χ2n) is 6.67. The average Bonchev–Trinajstić information content (AvgIpc) is 2.93. The summed E-state index contributed by atoms with van der Waals surface area (Å²) in [5.41, 5.74) is -1.64. The summed E-state index contributed by atoms with van der Waals surface area (Å²) in [6.45, 7) is 0. The summed E-state index contributed by atoms with van der Waals surface area (Å²) in [5.74, 6) is -5.51. The van der Waals surface area contributed by atoms with Crippen molar-refractivity contribution in [3.63, 3.8) is 0 Å². The molecule has 1 atom stereocenters. The Hall–Kier alpha value is -3.80. The molecular formula is C22H14O6. The number of allylic oxidation sites excluding steroid dienone is 3. The number of aliphatic carboxylic acids is 1. The first kappa shape index (κ1) is 17.6. The van der Waals surface area contributed by atoms with Crippen molar-refractivity contribution in [2.45, 2.75) is 5.41 Å². The topological polar surface area (TPSA) is 109 Å². The number of hydrogen-bond acceptors (Lipinski definition) is 5. The zero-order chi connectivity index (χ0) is 20.1. The van der Waals surface area contributed by atoms with E-state index in [4.69, 9.17) is 0 Å². The summed E-state index contributed by atoms with van der Waals surface area (Å²) >= 11 is 0. The summed E-state index contributed by atoms with van der Waals surface area (Å²) in [6, 6.07) is 14.6. The number of Topliss-reactive ketones (excluding diaryl/α,β-unsaturated/α-hetero) is 3. The summed E-state index contributed by atoms with van der Waals surface area (Å²) < 4.78 is 0. The van der Waals surface area contributed by atoms with Gasteiger partial charge in [-0.3, -0.25) is 14.4 Å². The Labute approximate surface area is 159 Å². The standard InChI is InChI=1S/C22H14O6/c23-17-11-13(10-16(18(17)24)21(27)28)22(12-6-2-1-3-7-12)19(25)14-8-4-5-9-15(14)20(22)26/h1-11,13,23H,(H,27,28). The van der Waals surface area contributed by atoms with Crippen molar-refractivity contribution >= 4 is 23.3 Å². The lowest BCUT2D eigenvalue weighted by atomic mass is 9.65. The van der Waals surface area contributed by atoms with Gasteiger partial charge in [0, 0.05) is 17.0 Å². The highest BCUT2D eigenvalue weighted by atomic mass is 16.4. The fraction of sp³-hybridized carbons (Fsp3) is 0.0909. The van der Waals surface area contributed by atoms with Crippen LogP contribution < -0.4 is 0 Å². The first-order valence-corrected chi connectivity index (χ1v) is 8.53. The summed E-state index contributed by atoms with van der Waals surface area (Å²) in [7, 11) is 0. The second kappa shape index (κ2) is 6.13. The number of carboxylic acids is 1. The molecule has 28 heavy (non-hydrogen) atoms. The van der Waals surface area contributed by atoms with Gasteiger partial charge in [0.1, 0.15) is 11.0 Å². The number of aliphatic hydroxyl groups excluding tert-OH is 1. The zero-order valence-electron chi connectivity index (χ0n) is 14.5. The van der Waals surface area contributed by atoms with Gasteiger partial charge in [-0.2, -0.15) is 0 Å². The molecule has 0 bridgehead atoms. The Morgan fingerprint density at radius 1 is 0.821 bits per heavy atom. The lowest BCUT2D eigenvalue weighted by molar-refractivity contribution is -0.134. The molecule has 0 heterocycles. The molecule has 0 radical (unpaired) electrons. The number of fused-ring (bicyclic) bond motifs is 1. The largest absolute Gasteiger partial charge is 0.504 e. The van der Waals surface area contributed by atoms with E-state index >= 15 is 0 Å². The molecule has 2 aromatic rings. The molecule has 6 heteroatoms. The van der Waals surface area contributed by atoms with E-state index in [2.05, 4.69) is 0 Å². The van der Waals surface area contributed by atoms with Crippen molar-refractivity contribution in [3.05, 3.63) is 94.8 Å². The van der Waals surface area contributed by atoms with Crippen molar-refractivity contribution in [1.82, 2.24) is 0 Å². The lowest BCUT2D eigenvalue weighted by Crippen LogP contribution is -2.45. The number of ketones is 3. The number of carbonyl (C=O) groups is 4. The maximum absolute atomic E-state index is 13.5. The lowest BCUT2D eigenvalue weighted by Gasteiger charge is -2.33. The molecule has 0 saturated carbocycles. The van der Waals surface area contributed by atoms with E-state index in [1.54, 1.807) is 54.6 Å². The highest BCUT2D eigenvalue weighted by Crippen LogP contribution is 2.47. The minimum Gasteiger partial charge on any atom is -0.504 e. The van der Waals surface area contributed by atoms with Crippen LogP contribution in [0.25, 0.3) is 0 Å². The molecule has 0 aromatic heterocycles. The van der Waals surface area contributed by atoms with Crippen LogP contribution in [-0.2, 0) is 15.0 Å². The van der Waals surface area contributed by atoms with E-state index in [9.17, 15) is 29.4 Å². The third kappa shape index (κ3) is 2.21. The molecule has 4 rings (SSSR count). The van der Waals surface area contributed by atoms with Crippen LogP contribution in [0.15, 0.2) is 78.1 Å². The number of hydrogen-bond donors (Lipinski definition) is 2. The zero-order valence-corrected chi connectivity index (χ0v) is 14.5. The van der Waals surface area contributed by atoms with Crippen molar-refractivity contribution in [2.24, 2.45) is 5.92 Å². The fourth-order valence-corrected chi connectivity index (χ4v) is 3.97. The Morgan fingerprint density at radius 2 is 1.36 bits per heavy atom. The number of benzene rings is 2. The third-order valence-corrected chi connectivity index (χ3v) is 5.25. The predicted molar refractivity (Wildman–Crippen MR) is 98.2 cm³/mol. The molecule has 0 saturated heterocycles. The molecule has 1 unspecified atom stereocenters. The van der Waals surface area contributed by atoms with Gasteiger partial charge in [0.15, 0.2) is 17.3 Å². The molecule has 6 nitrogen and oxygen atoms in total. The monoisotopic (exact) mass is 374 g/mol. The van der Waals surface area contributed by atoms with Gasteiger partial charge in [-0.15, -0.1) is 0 Å². The Kier molecular flexibility index (Phi) is 3.85. The highest BCUT2D eigenvalue weighted by molar-refractivity contribution is 6.34. The normalized spacial score (nSPS) is 20.4. The quantitative estimate of drug-likeness (QED) is 0.632. The van der Waals surface area contributed by atoms with Crippen LogP contribution in [0.3, 0.4) is 0 Å². The van der Waals surface area contributed by atoms with Crippen LogP contribution in [0.4, 0.5) is 0 Å². The van der Waals surface area contributed by atoms with Crippen LogP contribution in [-0.4, -0.2) is 33.5 Å². The van der Waals surface area contributed by atoms with E-state index in [1.165, 1.54) is 0 Å². The fourth-order valence-electron chi connectivity index (χ4n) is 3.97. The third-order valence-electron chi connectivity index (χ3n) is 5.25. The van der Waals surface area contributed by atoms with Crippen LogP contribution in [0.5, 0.6) is 0 Å². The van der Waals surface area contributed by atoms with Crippen molar-refractivity contribution in [2.75, 3.05) is 0 Å². The molecular weight excluding hydrogens is 360 g/mol. The Bertz CT molecular complexity index is 1070. The predicted octanol–water partition coefficient (Wildman–Crippen LogP) is 2.66. The van der Waals surface area contributed by atoms with E-state index in [0.717, 1.165) is 12.2 Å². The molecule has 2 aromatic carbocycles. The van der Waals surface area contributed by atoms with Crippen molar-refractivity contribution in [1.29, 1.82) is 0 Å². The highest BCUT2D eigenvalue weighted by Gasteiger charge is 2.58. The van der Waals surface area contributed by atoms with Gasteiger partial charge in [-0.05, 0) is 11.6 Å². The first-order valence-electron chi connectivity index (χ1n) is 8.53. The van der Waals surface area contributed by atoms with Gasteiger partial charge >= 0.3 is 5.97 Å². The molecule has 2 N–H and O–H groups in total. The minimum atomic E-state index is -1.79. The first-order chi connectivity index (χ1) is 13.4. The molecule has 2 aliphatic carbocycles. The van der Waals surface area contributed by atoms with Crippen LogP contribution in [0.1, 0.15) is 26.3 Å². The van der Waals surface area contributed by atoms with E-state index in [0.29, 0.717) is 5.56 Å². The van der Waals surface area contributed by atoms with E-state index in [-0.39, 0.29) is 11.1 Å². The molecule has 2 aliphatic rings. The smallest absolute Gasteiger partial charge is 0.339 e. The maximum Gasteiger partial charge on any atom is 0.339 e. The van der Waals surface area contributed by atoms with Crippen molar-refractivity contribution < 1.29 is 29.4 Å². The number of carbonyl (C=O) groups excluding carboxylic acids is 3. The van der Waals surface area contributed by atoms with Crippen molar-refractivity contribution in [3.8, 4) is 0 Å². The molecule has 138 valence electrons. The minimum absolute atomic E-state index is 0.228. The number of rotatable bonds is 3. The summed E-state index contributed by atoms with van der Waals surface area (Å²) in [5, 5.41) is 19.4. The van der Waals surface area contributed by atoms with E-state index < -0.39 is 46.0 Å². The van der Waals surface area contributed by atoms with Crippen LogP contribution in [0, 0.1) is 5.92 Å². The van der Waals surface area contributed by atoms with Crippen LogP contribution >= 0.6 is 0 Å². The molecule has 0 amide bonds. The Balaban J connectivity index is 2.03. The SMILES string of the molecule is O=C(O)C1=CC(C2(c3ccccc3)C(=O)c3ccccc3C2=O)C=C(O)C1=O. The molecule has 0 aliphatic heterocycles. The van der Waals surface area contributed by atoms with Gasteiger partial charge in [0.2, 0.25) is 5.78 Å². The molecule has 0 spiro atoms. The van der Waals surface area contributed by atoms with Gasteiger partial charge in [-0.1, -0.05) is 60.7 Å². The average molecular weight is 374 g/mol. The number of carboxylic acid groups (broad SMARTS) is 1. The summed E-state index contributed by atoms with van der Waals surface area (Å²) in [4.78, 5) is 50.5. The number of aliphatic hydroxyl groups is 1. The second-order valence-corrected chi connectivity index (χ2v) is 6.67. The van der Waals surface area contributed by atoms with Gasteiger partial charge in [0.05, 0.1) is 0 Å². The van der Waals surface area contributed by atoms with Crippen LogP contribution in [0.2, 0.25) is 0 Å². The maximum atomic E-state index is 13.5. The summed E-state index contributed by atoms with van der Waals surface area (Å²) in [6.07, 6.45) is 2.17. The Morgan fingerprint density at radius 3 is 1.89 bits per heavy atom. The van der Waals surface area contributed by atoms with Gasteiger partial charge < -0.3 is 10.2 Å². The van der Waals surface area contributed by atoms with Gasteiger partial charge in [0.25, 0.3) is 0 Å². The van der Waals surface area contributed by atoms with Gasteiger partial charge in [-0.25, -0.2) is 4.79 Å². The van der Waals surface area contributed by atoms with E-state index in [1.807, 2.05) is 0 Å².